The Morgan fingerprint density at radius 2 is 2.11 bits per heavy atom. The molecule has 0 spiro atoms. The third-order valence-corrected chi connectivity index (χ3v) is 5.82. The van der Waals surface area contributed by atoms with Crippen molar-refractivity contribution in [2.45, 2.75) is 58.0 Å². The second-order valence-electron chi connectivity index (χ2n) is 7.72. The van der Waals surface area contributed by atoms with E-state index in [4.69, 9.17) is 10.1 Å². The quantitative estimate of drug-likeness (QED) is 0.642. The number of hydrogen-bond acceptors (Lipinski definition) is 5. The Bertz CT molecular complexity index is 679. The van der Waals surface area contributed by atoms with Crippen LogP contribution in [0.5, 0.6) is 5.75 Å². The van der Waals surface area contributed by atoms with Gasteiger partial charge in [-0.05, 0) is 64.3 Å². The second-order valence-corrected chi connectivity index (χ2v) is 7.72. The van der Waals surface area contributed by atoms with Gasteiger partial charge in [0.1, 0.15) is 5.75 Å². The first-order chi connectivity index (χ1) is 13.2. The average Bonchev–Trinajstić information content (AvgIpc) is 2.70. The molecule has 3 N–H and O–H groups in total. The molecule has 1 atom stereocenters. The van der Waals surface area contributed by atoms with Crippen LogP contribution in [0.1, 0.15) is 50.7 Å². The molecule has 2 heterocycles. The normalized spacial score (nSPS) is 20.9. The van der Waals surface area contributed by atoms with Gasteiger partial charge in [-0.2, -0.15) is 0 Å². The van der Waals surface area contributed by atoms with Crippen LogP contribution in [0.15, 0.2) is 18.3 Å². The first-order valence-electron chi connectivity index (χ1n) is 10.3. The molecular formula is C22H34N4O. The van der Waals surface area contributed by atoms with E-state index in [1.807, 2.05) is 6.20 Å². The number of piperidine rings is 1. The lowest BCUT2D eigenvalue weighted by atomic mass is 9.92. The smallest absolute Gasteiger partial charge is 0.132 e. The maximum absolute atomic E-state index is 7.99. The van der Waals surface area contributed by atoms with Gasteiger partial charge in [0, 0.05) is 53.9 Å². The molecule has 3 rings (SSSR count). The van der Waals surface area contributed by atoms with Crippen molar-refractivity contribution in [3.63, 3.8) is 0 Å². The Labute approximate surface area is 163 Å². The fourth-order valence-corrected chi connectivity index (χ4v) is 3.96. The predicted octanol–water partition coefficient (Wildman–Crippen LogP) is 3.58. The molecule has 0 aliphatic carbocycles. The summed E-state index contributed by atoms with van der Waals surface area (Å²) >= 11 is 0. The summed E-state index contributed by atoms with van der Waals surface area (Å²) in [4.78, 5) is 2.35. The number of nitrogens with zero attached hydrogens (tertiary/aromatic N) is 1. The Balaban J connectivity index is 1.93. The molecule has 148 valence electrons. The van der Waals surface area contributed by atoms with Crippen LogP contribution in [0.4, 0.5) is 5.69 Å². The highest BCUT2D eigenvalue weighted by Gasteiger charge is 2.25. The van der Waals surface area contributed by atoms with Gasteiger partial charge in [-0.3, -0.25) is 0 Å². The summed E-state index contributed by atoms with van der Waals surface area (Å²) in [6.07, 6.45) is 8.84. The largest absolute Gasteiger partial charge is 0.493 e. The van der Waals surface area contributed by atoms with Crippen LogP contribution in [0.2, 0.25) is 0 Å². The van der Waals surface area contributed by atoms with E-state index in [0.29, 0.717) is 18.7 Å². The molecular weight excluding hydrogens is 336 g/mol. The Hall–Kier alpha value is -2.01. The third-order valence-electron chi connectivity index (χ3n) is 5.82. The van der Waals surface area contributed by atoms with E-state index in [-0.39, 0.29) is 0 Å². The van der Waals surface area contributed by atoms with Gasteiger partial charge in [-0.25, -0.2) is 0 Å². The summed E-state index contributed by atoms with van der Waals surface area (Å²) in [5.74, 6) is 0.968. The van der Waals surface area contributed by atoms with Crippen molar-refractivity contribution in [2.75, 3.05) is 31.6 Å². The summed E-state index contributed by atoms with van der Waals surface area (Å²) < 4.78 is 6.23. The van der Waals surface area contributed by atoms with Crippen LogP contribution in [-0.4, -0.2) is 45.0 Å². The zero-order valence-electron chi connectivity index (χ0n) is 17.0. The summed E-state index contributed by atoms with van der Waals surface area (Å²) in [5, 5.41) is 14.9. The van der Waals surface area contributed by atoms with Crippen molar-refractivity contribution in [1.29, 1.82) is 5.41 Å². The topological polar surface area (TPSA) is 60.4 Å². The molecule has 1 unspecified atom stereocenters. The van der Waals surface area contributed by atoms with Crippen molar-refractivity contribution < 1.29 is 4.74 Å². The minimum atomic E-state index is 0.478. The molecule has 1 fully saturated rings. The summed E-state index contributed by atoms with van der Waals surface area (Å²) in [5.41, 5.74) is 4.47. The van der Waals surface area contributed by atoms with Crippen LogP contribution in [0, 0.1) is 5.41 Å². The maximum atomic E-state index is 7.99. The highest BCUT2D eigenvalue weighted by molar-refractivity contribution is 6.09. The van der Waals surface area contributed by atoms with Crippen molar-refractivity contribution in [3.05, 3.63) is 29.5 Å². The molecule has 0 saturated carbocycles. The van der Waals surface area contributed by atoms with Crippen molar-refractivity contribution in [3.8, 4) is 5.75 Å². The summed E-state index contributed by atoms with van der Waals surface area (Å²) in [6, 6.07) is 5.34. The first kappa shape index (κ1) is 19.7. The lowest BCUT2D eigenvalue weighted by molar-refractivity contribution is 0.312. The zero-order valence-corrected chi connectivity index (χ0v) is 17.0. The van der Waals surface area contributed by atoms with Crippen LogP contribution < -0.4 is 20.3 Å². The third kappa shape index (κ3) is 4.46. The van der Waals surface area contributed by atoms with E-state index in [0.717, 1.165) is 62.1 Å². The molecule has 1 aromatic rings. The zero-order chi connectivity index (χ0) is 19.2. The van der Waals surface area contributed by atoms with E-state index >= 15 is 0 Å². The van der Waals surface area contributed by atoms with E-state index in [9.17, 15) is 0 Å². The molecule has 27 heavy (non-hydrogen) atoms. The molecule has 5 heteroatoms. The van der Waals surface area contributed by atoms with Gasteiger partial charge >= 0.3 is 0 Å². The van der Waals surface area contributed by atoms with Gasteiger partial charge in [0.15, 0.2) is 0 Å². The predicted molar refractivity (Wildman–Crippen MR) is 114 cm³/mol. The highest BCUT2D eigenvalue weighted by Crippen LogP contribution is 2.40. The average molecular weight is 371 g/mol. The minimum absolute atomic E-state index is 0.478. The number of allylic oxidation sites excluding steroid dienone is 1. The van der Waals surface area contributed by atoms with Crippen LogP contribution in [0.25, 0.3) is 5.57 Å². The Morgan fingerprint density at radius 3 is 2.81 bits per heavy atom. The lowest BCUT2D eigenvalue weighted by Crippen LogP contribution is -2.37. The fraction of sp³-hybridized carbons (Fsp3) is 0.591. The molecule has 0 amide bonds. The molecule has 1 aromatic carbocycles. The van der Waals surface area contributed by atoms with Gasteiger partial charge < -0.3 is 25.7 Å². The van der Waals surface area contributed by atoms with E-state index in [1.54, 1.807) is 0 Å². The number of fused-ring (bicyclic) bond motifs is 1. The second kappa shape index (κ2) is 9.27. The molecule has 0 aromatic heterocycles. The van der Waals surface area contributed by atoms with Gasteiger partial charge in [0.05, 0.1) is 6.61 Å². The molecule has 2 aliphatic heterocycles. The maximum Gasteiger partial charge on any atom is 0.132 e. The van der Waals surface area contributed by atoms with Crippen molar-refractivity contribution in [1.82, 2.24) is 10.6 Å². The van der Waals surface area contributed by atoms with Gasteiger partial charge in [0.2, 0.25) is 0 Å². The van der Waals surface area contributed by atoms with E-state index in [1.165, 1.54) is 17.5 Å². The monoisotopic (exact) mass is 370 g/mol. The molecule has 5 nitrogen and oxygen atoms in total. The number of nitrogens with one attached hydrogen (secondary N) is 3. The van der Waals surface area contributed by atoms with Crippen molar-refractivity contribution in [2.24, 2.45) is 0 Å². The number of anilines is 1. The first-order valence-corrected chi connectivity index (χ1v) is 10.3. The summed E-state index contributed by atoms with van der Waals surface area (Å²) in [6.45, 7) is 7.22. The number of ether oxygens (including phenoxy) is 1. The van der Waals surface area contributed by atoms with Gasteiger partial charge in [0.25, 0.3) is 0 Å². The number of hydrogen-bond donors (Lipinski definition) is 3. The minimum Gasteiger partial charge on any atom is -0.493 e. The number of benzene rings is 1. The van der Waals surface area contributed by atoms with Crippen LogP contribution in [0.3, 0.4) is 0 Å². The Morgan fingerprint density at radius 1 is 1.33 bits per heavy atom. The highest BCUT2D eigenvalue weighted by atomic mass is 16.5. The molecule has 0 radical (unpaired) electrons. The van der Waals surface area contributed by atoms with Gasteiger partial charge in [-0.15, -0.1) is 0 Å². The number of rotatable bonds is 7. The Kier molecular flexibility index (Phi) is 6.78. The molecule has 0 bridgehead atoms. The summed E-state index contributed by atoms with van der Waals surface area (Å²) in [7, 11) is 2.16. The standard InChI is InChI=1S/C22H34N4O/c1-4-13-27-22-19(7-8-21-20(22)6-5-16(2)26(21)3)17(14-23)15-25-18-9-11-24-12-10-18/h7-8,14-16,18,23-25H,4-6,9-13H2,1-3H3/b17-15+,23-14?. The van der Waals surface area contributed by atoms with Crippen LogP contribution in [-0.2, 0) is 6.42 Å². The lowest BCUT2D eigenvalue weighted by Gasteiger charge is -2.35. The molecule has 2 aliphatic rings. The van der Waals surface area contributed by atoms with E-state index in [2.05, 4.69) is 48.6 Å². The van der Waals surface area contributed by atoms with Crippen molar-refractivity contribution >= 4 is 17.5 Å². The fourth-order valence-electron chi connectivity index (χ4n) is 3.96. The molecule has 1 saturated heterocycles. The SMILES string of the molecule is CCCOc1c(/C(C=N)=C/NC2CCNCC2)ccc2c1CCC(C)N2C. The van der Waals surface area contributed by atoms with Crippen LogP contribution >= 0.6 is 0 Å². The van der Waals surface area contributed by atoms with E-state index < -0.39 is 0 Å². The van der Waals surface area contributed by atoms with Gasteiger partial charge in [-0.1, -0.05) is 6.92 Å².